The van der Waals surface area contributed by atoms with Gasteiger partial charge in [0.15, 0.2) is 0 Å². The Kier molecular flexibility index (Phi) is 3.68. The SMILES string of the molecule is Cc1ccc(C)c2c1C(N)C(=O)N2CCCCO. The average Bonchev–Trinajstić information content (AvgIpc) is 2.60. The summed E-state index contributed by atoms with van der Waals surface area (Å²) in [5.74, 6) is -0.0275. The predicted octanol–water partition coefficient (Wildman–Crippen LogP) is 1.42. The molecule has 1 aromatic rings. The maximum atomic E-state index is 12.2. The number of carbonyl (C=O) groups excluding carboxylic acids is 1. The van der Waals surface area contributed by atoms with Crippen molar-refractivity contribution in [3.8, 4) is 0 Å². The number of aryl methyl sites for hydroxylation is 2. The molecule has 98 valence electrons. The molecule has 4 heteroatoms. The van der Waals surface area contributed by atoms with Gasteiger partial charge in [-0.25, -0.2) is 0 Å². The number of hydrogen-bond donors (Lipinski definition) is 2. The number of nitrogens with zero attached hydrogens (tertiary/aromatic N) is 1. The summed E-state index contributed by atoms with van der Waals surface area (Å²) in [5, 5.41) is 8.82. The highest BCUT2D eigenvalue weighted by Crippen LogP contribution is 2.39. The van der Waals surface area contributed by atoms with E-state index in [4.69, 9.17) is 10.8 Å². The second-order valence-electron chi connectivity index (χ2n) is 4.86. The van der Waals surface area contributed by atoms with E-state index in [1.807, 2.05) is 26.0 Å². The summed E-state index contributed by atoms with van der Waals surface area (Å²) in [4.78, 5) is 14.0. The van der Waals surface area contributed by atoms with Crippen LogP contribution in [-0.4, -0.2) is 24.2 Å². The van der Waals surface area contributed by atoms with Crippen molar-refractivity contribution in [2.24, 2.45) is 5.73 Å². The van der Waals surface area contributed by atoms with Crippen LogP contribution in [0.5, 0.6) is 0 Å². The van der Waals surface area contributed by atoms with Gasteiger partial charge in [-0.05, 0) is 37.8 Å². The second-order valence-corrected chi connectivity index (χ2v) is 4.86. The summed E-state index contributed by atoms with van der Waals surface area (Å²) in [5.41, 5.74) is 10.1. The Labute approximate surface area is 107 Å². The molecule has 0 radical (unpaired) electrons. The van der Waals surface area contributed by atoms with E-state index in [1.54, 1.807) is 4.90 Å². The van der Waals surface area contributed by atoms with Crippen molar-refractivity contribution in [3.05, 3.63) is 28.8 Å². The number of amides is 1. The molecule has 1 aliphatic heterocycles. The summed E-state index contributed by atoms with van der Waals surface area (Å²) in [6.45, 7) is 4.78. The minimum absolute atomic E-state index is 0.0275. The number of rotatable bonds is 4. The van der Waals surface area contributed by atoms with Crippen molar-refractivity contribution in [1.82, 2.24) is 0 Å². The van der Waals surface area contributed by atoms with Crippen LogP contribution in [0.15, 0.2) is 12.1 Å². The first-order chi connectivity index (χ1) is 8.57. The quantitative estimate of drug-likeness (QED) is 0.792. The van der Waals surface area contributed by atoms with Gasteiger partial charge in [-0.15, -0.1) is 0 Å². The van der Waals surface area contributed by atoms with Gasteiger partial charge in [0, 0.05) is 18.7 Å². The Morgan fingerprint density at radius 2 is 1.94 bits per heavy atom. The molecule has 1 aliphatic rings. The number of benzene rings is 1. The number of carbonyl (C=O) groups is 1. The Hall–Kier alpha value is -1.39. The van der Waals surface area contributed by atoms with Crippen LogP contribution in [0.4, 0.5) is 5.69 Å². The zero-order chi connectivity index (χ0) is 13.3. The third-order valence-electron chi connectivity index (χ3n) is 3.54. The first-order valence-corrected chi connectivity index (χ1v) is 6.36. The number of anilines is 1. The molecule has 0 aromatic heterocycles. The molecule has 0 saturated heterocycles. The highest BCUT2D eigenvalue weighted by atomic mass is 16.3. The summed E-state index contributed by atoms with van der Waals surface area (Å²) < 4.78 is 0. The number of fused-ring (bicyclic) bond motifs is 1. The van der Waals surface area contributed by atoms with Gasteiger partial charge in [0.1, 0.15) is 6.04 Å². The standard InChI is InChI=1S/C14H20N2O2/c1-9-5-6-10(2)13-11(9)12(15)14(18)16(13)7-3-4-8-17/h5-6,12,17H,3-4,7-8,15H2,1-2H3. The normalized spacial score (nSPS) is 18.3. The molecule has 0 spiro atoms. The third kappa shape index (κ3) is 2.02. The average molecular weight is 248 g/mol. The molecule has 0 saturated carbocycles. The Balaban J connectivity index is 2.35. The van der Waals surface area contributed by atoms with Crippen molar-refractivity contribution < 1.29 is 9.90 Å². The summed E-state index contributed by atoms with van der Waals surface area (Å²) in [6.07, 6.45) is 1.50. The second kappa shape index (κ2) is 5.08. The fourth-order valence-corrected chi connectivity index (χ4v) is 2.57. The van der Waals surface area contributed by atoms with Gasteiger partial charge in [0.25, 0.3) is 0 Å². The number of unbranched alkanes of at least 4 members (excludes halogenated alkanes) is 1. The Morgan fingerprint density at radius 1 is 1.28 bits per heavy atom. The zero-order valence-electron chi connectivity index (χ0n) is 10.9. The minimum Gasteiger partial charge on any atom is -0.396 e. The van der Waals surface area contributed by atoms with E-state index in [2.05, 4.69) is 0 Å². The molecule has 1 heterocycles. The molecule has 0 fully saturated rings. The van der Waals surface area contributed by atoms with Crippen LogP contribution in [-0.2, 0) is 4.79 Å². The fraction of sp³-hybridized carbons (Fsp3) is 0.500. The summed E-state index contributed by atoms with van der Waals surface area (Å²) >= 11 is 0. The van der Waals surface area contributed by atoms with Crippen LogP contribution < -0.4 is 10.6 Å². The van der Waals surface area contributed by atoms with Crippen LogP contribution in [0.25, 0.3) is 0 Å². The van der Waals surface area contributed by atoms with Gasteiger partial charge < -0.3 is 15.7 Å². The Bertz CT molecular complexity index is 471. The lowest BCUT2D eigenvalue weighted by Crippen LogP contribution is -2.32. The number of hydrogen-bond acceptors (Lipinski definition) is 3. The van der Waals surface area contributed by atoms with Crippen molar-refractivity contribution in [2.75, 3.05) is 18.1 Å². The van der Waals surface area contributed by atoms with Gasteiger partial charge in [0.05, 0.1) is 5.69 Å². The maximum absolute atomic E-state index is 12.2. The lowest BCUT2D eigenvalue weighted by molar-refractivity contribution is -0.119. The summed E-state index contributed by atoms with van der Waals surface area (Å²) in [6, 6.07) is 3.51. The topological polar surface area (TPSA) is 66.6 Å². The highest BCUT2D eigenvalue weighted by Gasteiger charge is 2.36. The lowest BCUT2D eigenvalue weighted by Gasteiger charge is -2.19. The molecular weight excluding hydrogens is 228 g/mol. The molecule has 0 bridgehead atoms. The molecule has 2 rings (SSSR count). The highest BCUT2D eigenvalue weighted by molar-refractivity contribution is 6.05. The first-order valence-electron chi connectivity index (χ1n) is 6.36. The zero-order valence-corrected chi connectivity index (χ0v) is 10.9. The van der Waals surface area contributed by atoms with Crippen molar-refractivity contribution in [3.63, 3.8) is 0 Å². The predicted molar refractivity (Wildman–Crippen MR) is 71.5 cm³/mol. The van der Waals surface area contributed by atoms with Crippen LogP contribution in [0.1, 0.15) is 35.6 Å². The number of aliphatic hydroxyl groups excluding tert-OH is 1. The fourth-order valence-electron chi connectivity index (χ4n) is 2.57. The number of nitrogens with two attached hydrogens (primary N) is 1. The van der Waals surface area contributed by atoms with E-state index in [0.717, 1.165) is 28.8 Å². The molecular formula is C14H20N2O2. The molecule has 1 atom stereocenters. The molecule has 1 aromatic carbocycles. The van der Waals surface area contributed by atoms with Crippen LogP contribution in [0.2, 0.25) is 0 Å². The molecule has 3 N–H and O–H groups in total. The van der Waals surface area contributed by atoms with E-state index in [9.17, 15) is 4.79 Å². The van der Waals surface area contributed by atoms with E-state index in [-0.39, 0.29) is 12.5 Å². The van der Waals surface area contributed by atoms with Crippen LogP contribution >= 0.6 is 0 Å². The van der Waals surface area contributed by atoms with Gasteiger partial charge >= 0.3 is 0 Å². The Morgan fingerprint density at radius 3 is 2.61 bits per heavy atom. The molecule has 18 heavy (non-hydrogen) atoms. The van der Waals surface area contributed by atoms with Crippen LogP contribution in [0.3, 0.4) is 0 Å². The largest absolute Gasteiger partial charge is 0.396 e. The molecule has 0 aliphatic carbocycles. The molecule has 1 unspecified atom stereocenters. The third-order valence-corrected chi connectivity index (χ3v) is 3.54. The van der Waals surface area contributed by atoms with Crippen LogP contribution in [0, 0.1) is 13.8 Å². The van der Waals surface area contributed by atoms with Crippen molar-refractivity contribution in [2.45, 2.75) is 32.7 Å². The van der Waals surface area contributed by atoms with Gasteiger partial charge in [-0.3, -0.25) is 4.79 Å². The lowest BCUT2D eigenvalue weighted by atomic mass is 10.00. The van der Waals surface area contributed by atoms with E-state index >= 15 is 0 Å². The first kappa shape index (κ1) is 13.1. The minimum atomic E-state index is -0.533. The smallest absolute Gasteiger partial charge is 0.248 e. The van der Waals surface area contributed by atoms with E-state index in [0.29, 0.717) is 13.0 Å². The molecule has 4 nitrogen and oxygen atoms in total. The maximum Gasteiger partial charge on any atom is 0.248 e. The molecule has 1 amide bonds. The van der Waals surface area contributed by atoms with Crippen molar-refractivity contribution in [1.29, 1.82) is 0 Å². The monoisotopic (exact) mass is 248 g/mol. The van der Waals surface area contributed by atoms with E-state index < -0.39 is 6.04 Å². The summed E-state index contributed by atoms with van der Waals surface area (Å²) in [7, 11) is 0. The van der Waals surface area contributed by atoms with Crippen molar-refractivity contribution >= 4 is 11.6 Å². The van der Waals surface area contributed by atoms with Gasteiger partial charge in [-0.1, -0.05) is 12.1 Å². The number of aliphatic hydroxyl groups is 1. The van der Waals surface area contributed by atoms with Gasteiger partial charge in [0.2, 0.25) is 5.91 Å². The van der Waals surface area contributed by atoms with Gasteiger partial charge in [-0.2, -0.15) is 0 Å². The van der Waals surface area contributed by atoms with E-state index in [1.165, 1.54) is 0 Å².